The second kappa shape index (κ2) is 6.74. The second-order valence-electron chi connectivity index (χ2n) is 4.08. The predicted molar refractivity (Wildman–Crippen MR) is 84.0 cm³/mol. The number of hydrogen-bond donors (Lipinski definition) is 1. The Morgan fingerprint density at radius 1 is 1.38 bits per heavy atom. The van der Waals surface area contributed by atoms with Crippen molar-refractivity contribution < 1.29 is 13.2 Å². The summed E-state index contributed by atoms with van der Waals surface area (Å²) in [6.07, 6.45) is 1.21. The second-order valence-corrected chi connectivity index (χ2v) is 7.06. The van der Waals surface area contributed by atoms with Crippen LogP contribution in [0.15, 0.2) is 45.9 Å². The fourth-order valence-corrected chi connectivity index (χ4v) is 3.24. The molecule has 1 aromatic carbocycles. The third-order valence-electron chi connectivity index (χ3n) is 2.73. The van der Waals surface area contributed by atoms with Crippen LogP contribution in [0.5, 0.6) is 5.75 Å². The zero-order valence-corrected chi connectivity index (χ0v) is 14.2. The maximum Gasteiger partial charge on any atom is 0.242 e. The van der Waals surface area contributed by atoms with Crippen LogP contribution >= 0.6 is 27.5 Å². The SMILES string of the molecule is COc1ccccc1CNS(=O)(=O)c1cnc(Cl)c(Br)c1. The zero-order chi connectivity index (χ0) is 15.5. The summed E-state index contributed by atoms with van der Waals surface area (Å²) in [6, 6.07) is 8.59. The largest absolute Gasteiger partial charge is 0.496 e. The third kappa shape index (κ3) is 3.94. The lowest BCUT2D eigenvalue weighted by Crippen LogP contribution is -2.23. The van der Waals surface area contributed by atoms with Crippen molar-refractivity contribution in [1.29, 1.82) is 0 Å². The molecule has 1 N–H and O–H groups in total. The standard InChI is InChI=1S/C13H12BrClN2O3S/c1-20-12-5-3-2-4-9(12)7-17-21(18,19)10-6-11(14)13(15)16-8-10/h2-6,8,17H,7H2,1H3. The number of para-hydroxylation sites is 1. The Balaban J connectivity index is 2.20. The molecule has 1 aromatic heterocycles. The molecule has 0 amide bonds. The molecule has 1 heterocycles. The molecule has 5 nitrogen and oxygen atoms in total. The molecule has 2 aromatic rings. The topological polar surface area (TPSA) is 68.3 Å². The van der Waals surface area contributed by atoms with E-state index in [9.17, 15) is 8.42 Å². The minimum atomic E-state index is -3.68. The smallest absolute Gasteiger partial charge is 0.242 e. The van der Waals surface area contributed by atoms with Gasteiger partial charge in [-0.05, 0) is 28.1 Å². The molecule has 0 spiro atoms. The summed E-state index contributed by atoms with van der Waals surface area (Å²) < 4.78 is 32.5. The van der Waals surface area contributed by atoms with Gasteiger partial charge in [-0.1, -0.05) is 29.8 Å². The Labute approximate surface area is 136 Å². The number of hydrogen-bond acceptors (Lipinski definition) is 4. The van der Waals surface area contributed by atoms with Gasteiger partial charge in [0.2, 0.25) is 10.0 Å². The Bertz CT molecular complexity index is 753. The summed E-state index contributed by atoms with van der Waals surface area (Å²) in [5, 5.41) is 0.207. The number of nitrogens with one attached hydrogen (secondary N) is 1. The lowest BCUT2D eigenvalue weighted by atomic mass is 10.2. The molecule has 0 radical (unpaired) electrons. The number of halogens is 2. The monoisotopic (exact) mass is 390 g/mol. The zero-order valence-electron chi connectivity index (χ0n) is 11.0. The van der Waals surface area contributed by atoms with Crippen LogP contribution < -0.4 is 9.46 Å². The van der Waals surface area contributed by atoms with Crippen LogP contribution in [-0.4, -0.2) is 20.5 Å². The fraction of sp³-hybridized carbons (Fsp3) is 0.154. The number of aromatic nitrogens is 1. The van der Waals surface area contributed by atoms with Crippen LogP contribution in [0.3, 0.4) is 0 Å². The van der Waals surface area contributed by atoms with Crippen LogP contribution in [0.4, 0.5) is 0 Å². The van der Waals surface area contributed by atoms with Crippen molar-refractivity contribution in [3.63, 3.8) is 0 Å². The van der Waals surface area contributed by atoms with Crippen LogP contribution in [0, 0.1) is 0 Å². The van der Waals surface area contributed by atoms with E-state index < -0.39 is 10.0 Å². The minimum absolute atomic E-state index is 0.0358. The summed E-state index contributed by atoms with van der Waals surface area (Å²) in [5.74, 6) is 0.621. The van der Waals surface area contributed by atoms with Crippen LogP contribution in [0.2, 0.25) is 5.15 Å². The summed E-state index contributed by atoms with van der Waals surface area (Å²) in [7, 11) is -2.14. The van der Waals surface area contributed by atoms with Gasteiger partial charge in [-0.25, -0.2) is 18.1 Å². The first-order valence-corrected chi connectivity index (χ1v) is 8.52. The molecule has 0 fully saturated rings. The highest BCUT2D eigenvalue weighted by Crippen LogP contribution is 2.23. The highest BCUT2D eigenvalue weighted by molar-refractivity contribution is 9.10. The molecule has 8 heteroatoms. The number of sulfonamides is 1. The first kappa shape index (κ1) is 16.2. The number of rotatable bonds is 5. The Morgan fingerprint density at radius 2 is 2.10 bits per heavy atom. The van der Waals surface area contributed by atoms with Gasteiger partial charge in [0.15, 0.2) is 0 Å². The van der Waals surface area contributed by atoms with E-state index in [1.807, 2.05) is 12.1 Å². The van der Waals surface area contributed by atoms with E-state index in [1.165, 1.54) is 19.4 Å². The maximum atomic E-state index is 12.2. The molecule has 0 aliphatic heterocycles. The van der Waals surface area contributed by atoms with E-state index in [2.05, 4.69) is 25.6 Å². The van der Waals surface area contributed by atoms with E-state index in [1.54, 1.807) is 12.1 Å². The van der Waals surface area contributed by atoms with Crippen molar-refractivity contribution in [1.82, 2.24) is 9.71 Å². The Kier molecular flexibility index (Phi) is 5.21. The van der Waals surface area contributed by atoms with Crippen LogP contribution in [0.25, 0.3) is 0 Å². The molecule has 0 aliphatic carbocycles. The van der Waals surface area contributed by atoms with E-state index in [-0.39, 0.29) is 16.6 Å². The lowest BCUT2D eigenvalue weighted by Gasteiger charge is -2.10. The average molecular weight is 392 g/mol. The fourth-order valence-electron chi connectivity index (χ4n) is 1.66. The highest BCUT2D eigenvalue weighted by atomic mass is 79.9. The number of ether oxygens (including phenoxy) is 1. The van der Waals surface area contributed by atoms with Gasteiger partial charge in [0.25, 0.3) is 0 Å². The van der Waals surface area contributed by atoms with Gasteiger partial charge in [0.05, 0.1) is 11.6 Å². The molecule has 0 saturated carbocycles. The number of methoxy groups -OCH3 is 1. The normalized spacial score (nSPS) is 11.4. The highest BCUT2D eigenvalue weighted by Gasteiger charge is 2.16. The van der Waals surface area contributed by atoms with E-state index in [0.717, 1.165) is 5.56 Å². The minimum Gasteiger partial charge on any atom is -0.496 e. The lowest BCUT2D eigenvalue weighted by molar-refractivity contribution is 0.409. The summed E-state index contributed by atoms with van der Waals surface area (Å²) in [4.78, 5) is 3.84. The van der Waals surface area contributed by atoms with Crippen molar-refractivity contribution in [3.05, 3.63) is 51.7 Å². The first-order valence-electron chi connectivity index (χ1n) is 5.86. The van der Waals surface area contributed by atoms with Crippen molar-refractivity contribution in [2.75, 3.05) is 7.11 Å². The van der Waals surface area contributed by atoms with Gasteiger partial charge in [0.1, 0.15) is 15.8 Å². The van der Waals surface area contributed by atoms with Crippen molar-refractivity contribution >= 4 is 37.6 Å². The van der Waals surface area contributed by atoms with Crippen molar-refractivity contribution in [2.45, 2.75) is 11.4 Å². The summed E-state index contributed by atoms with van der Waals surface area (Å²) in [5.41, 5.74) is 0.740. The molecule has 2 rings (SSSR count). The molecular formula is C13H12BrClN2O3S. The quantitative estimate of drug-likeness (QED) is 0.796. The molecule has 0 unspecified atom stereocenters. The maximum absolute atomic E-state index is 12.2. The molecule has 112 valence electrons. The number of pyridine rings is 1. The molecule has 0 aliphatic rings. The molecule has 0 bridgehead atoms. The van der Waals surface area contributed by atoms with Gasteiger partial charge in [-0.2, -0.15) is 0 Å². The van der Waals surface area contributed by atoms with E-state index >= 15 is 0 Å². The summed E-state index contributed by atoms with van der Waals surface area (Å²) >= 11 is 8.90. The molecule has 0 saturated heterocycles. The van der Waals surface area contributed by atoms with Gasteiger partial charge in [-0.3, -0.25) is 0 Å². The molecular weight excluding hydrogens is 380 g/mol. The Morgan fingerprint density at radius 3 is 2.76 bits per heavy atom. The van der Waals surface area contributed by atoms with Crippen LogP contribution in [-0.2, 0) is 16.6 Å². The van der Waals surface area contributed by atoms with E-state index in [0.29, 0.717) is 10.2 Å². The first-order chi connectivity index (χ1) is 9.94. The van der Waals surface area contributed by atoms with Gasteiger partial charge < -0.3 is 4.74 Å². The predicted octanol–water partition coefficient (Wildman–Crippen LogP) is 2.98. The third-order valence-corrected chi connectivity index (χ3v) is 5.23. The van der Waals surface area contributed by atoms with Gasteiger partial charge >= 0.3 is 0 Å². The molecule has 0 atom stereocenters. The van der Waals surface area contributed by atoms with E-state index in [4.69, 9.17) is 16.3 Å². The number of benzene rings is 1. The van der Waals surface area contributed by atoms with Crippen molar-refractivity contribution in [2.24, 2.45) is 0 Å². The van der Waals surface area contributed by atoms with Gasteiger partial charge in [-0.15, -0.1) is 0 Å². The Hall–Kier alpha value is -1.15. The van der Waals surface area contributed by atoms with Crippen LogP contribution in [0.1, 0.15) is 5.56 Å². The van der Waals surface area contributed by atoms with Gasteiger partial charge in [0, 0.05) is 18.3 Å². The molecule has 21 heavy (non-hydrogen) atoms. The van der Waals surface area contributed by atoms with Crippen molar-refractivity contribution in [3.8, 4) is 5.75 Å². The number of nitrogens with zero attached hydrogens (tertiary/aromatic N) is 1. The average Bonchev–Trinajstić information content (AvgIpc) is 2.48. The summed E-state index contributed by atoms with van der Waals surface area (Å²) in [6.45, 7) is 0.118.